The molecule has 3 heterocycles. The fourth-order valence-corrected chi connectivity index (χ4v) is 5.06. The van der Waals surface area contributed by atoms with Crippen LogP contribution in [0.5, 0.6) is 11.5 Å². The summed E-state index contributed by atoms with van der Waals surface area (Å²) in [6.45, 7) is 7.86. The van der Waals surface area contributed by atoms with E-state index in [9.17, 15) is 24.6 Å². The predicted molar refractivity (Wildman–Crippen MR) is 152 cm³/mol. The van der Waals surface area contributed by atoms with Crippen LogP contribution in [0, 0.1) is 0 Å². The number of hydrogen-bond acceptors (Lipinski definition) is 7. The summed E-state index contributed by atoms with van der Waals surface area (Å²) in [5.41, 5.74) is 2.73. The molecule has 1 fully saturated rings. The summed E-state index contributed by atoms with van der Waals surface area (Å²) in [4.78, 5) is 45.2. The van der Waals surface area contributed by atoms with Gasteiger partial charge in [-0.1, -0.05) is 18.2 Å². The molecule has 3 aromatic rings. The molecule has 41 heavy (non-hydrogen) atoms. The SMILES string of the molecule is CN(Cc1cccc2c(C=C3Oc4c(ccc(O)c4CN4CCN(C(=O)O)CC4)C3=O)c[nH]c12)C(=O)OC(C)(C)C. The molecule has 1 saturated heterocycles. The summed E-state index contributed by atoms with van der Waals surface area (Å²) >= 11 is 0. The molecule has 2 aliphatic rings. The van der Waals surface area contributed by atoms with Crippen molar-refractivity contribution in [1.29, 1.82) is 0 Å². The lowest BCUT2D eigenvalue weighted by Crippen LogP contribution is -2.47. The number of phenolic OH excluding ortho intramolecular Hbond substituents is 1. The zero-order valence-corrected chi connectivity index (χ0v) is 23.6. The van der Waals surface area contributed by atoms with Crippen LogP contribution in [-0.2, 0) is 17.8 Å². The van der Waals surface area contributed by atoms with E-state index in [0.717, 1.165) is 22.0 Å². The van der Waals surface area contributed by atoms with Gasteiger partial charge in [0.05, 0.1) is 23.2 Å². The van der Waals surface area contributed by atoms with Crippen molar-refractivity contribution in [2.24, 2.45) is 0 Å². The number of aromatic hydroxyl groups is 1. The average Bonchev–Trinajstić information content (AvgIpc) is 3.46. The molecule has 11 heteroatoms. The number of para-hydroxylation sites is 1. The number of nitrogens with zero attached hydrogens (tertiary/aromatic N) is 3. The molecule has 0 aliphatic carbocycles. The third kappa shape index (κ3) is 5.85. The number of ketones is 1. The van der Waals surface area contributed by atoms with Crippen molar-refractivity contribution in [2.45, 2.75) is 39.5 Å². The van der Waals surface area contributed by atoms with E-state index in [1.165, 1.54) is 15.9 Å². The Bertz CT molecular complexity index is 1540. The van der Waals surface area contributed by atoms with Crippen LogP contribution >= 0.6 is 0 Å². The highest BCUT2D eigenvalue weighted by molar-refractivity contribution is 6.15. The lowest BCUT2D eigenvalue weighted by atomic mass is 10.0. The van der Waals surface area contributed by atoms with Gasteiger partial charge in [0.2, 0.25) is 5.78 Å². The summed E-state index contributed by atoms with van der Waals surface area (Å²) in [5.74, 6) is 0.192. The summed E-state index contributed by atoms with van der Waals surface area (Å²) in [6.07, 6.45) is 2.09. The molecule has 0 spiro atoms. The predicted octanol–water partition coefficient (Wildman–Crippen LogP) is 4.65. The molecule has 0 bridgehead atoms. The van der Waals surface area contributed by atoms with Gasteiger partial charge >= 0.3 is 12.2 Å². The van der Waals surface area contributed by atoms with E-state index >= 15 is 0 Å². The highest BCUT2D eigenvalue weighted by atomic mass is 16.6. The average molecular weight is 563 g/mol. The number of Topliss-reactive ketones (excluding diaryl/α,β-unsaturated/α-hetero) is 1. The van der Waals surface area contributed by atoms with Gasteiger partial charge in [-0.15, -0.1) is 0 Å². The van der Waals surface area contributed by atoms with Crippen molar-refractivity contribution in [1.82, 2.24) is 19.7 Å². The summed E-state index contributed by atoms with van der Waals surface area (Å²) in [5, 5.41) is 20.7. The number of carbonyl (C=O) groups is 3. The normalized spacial score (nSPS) is 16.6. The number of carboxylic acid groups (broad SMARTS) is 1. The molecule has 216 valence electrons. The largest absolute Gasteiger partial charge is 0.507 e. The number of nitrogens with one attached hydrogen (secondary N) is 1. The number of hydrogen-bond donors (Lipinski definition) is 3. The number of aromatic nitrogens is 1. The number of phenols is 1. The minimum Gasteiger partial charge on any atom is -0.507 e. The molecular formula is C30H34N4O7. The van der Waals surface area contributed by atoms with Gasteiger partial charge in [0.1, 0.15) is 17.1 Å². The van der Waals surface area contributed by atoms with Gasteiger partial charge in [0.25, 0.3) is 0 Å². The van der Waals surface area contributed by atoms with Crippen molar-refractivity contribution in [3.8, 4) is 11.5 Å². The fourth-order valence-electron chi connectivity index (χ4n) is 5.06. The number of benzene rings is 2. The lowest BCUT2D eigenvalue weighted by molar-refractivity contribution is 0.0285. The first-order valence-corrected chi connectivity index (χ1v) is 13.4. The molecule has 2 amide bonds. The molecule has 2 aromatic carbocycles. The van der Waals surface area contributed by atoms with Crippen molar-refractivity contribution in [3.05, 3.63) is 64.5 Å². The Kier molecular flexibility index (Phi) is 7.39. The van der Waals surface area contributed by atoms with Crippen LogP contribution < -0.4 is 4.74 Å². The van der Waals surface area contributed by atoms with Gasteiger partial charge in [-0.2, -0.15) is 0 Å². The van der Waals surface area contributed by atoms with Gasteiger partial charge in [-0.3, -0.25) is 9.69 Å². The lowest BCUT2D eigenvalue weighted by Gasteiger charge is -2.33. The number of aromatic amines is 1. The number of allylic oxidation sites excluding steroid dienone is 1. The molecule has 5 rings (SSSR count). The maximum Gasteiger partial charge on any atom is 0.410 e. The van der Waals surface area contributed by atoms with Crippen LogP contribution in [0.4, 0.5) is 9.59 Å². The first-order valence-electron chi connectivity index (χ1n) is 13.4. The Balaban J connectivity index is 1.36. The second-order valence-electron chi connectivity index (χ2n) is 11.3. The molecular weight excluding hydrogens is 528 g/mol. The maximum atomic E-state index is 13.3. The van der Waals surface area contributed by atoms with Gasteiger partial charge in [-0.05, 0) is 44.5 Å². The summed E-state index contributed by atoms with van der Waals surface area (Å²) in [6, 6.07) is 8.79. The fraction of sp³-hybridized carbons (Fsp3) is 0.367. The number of rotatable bonds is 5. The standard InChI is InChI=1S/C30H34N4O7/c1-30(2,3)41-29(39)32(4)16-18-6-5-7-20-19(15-31-25(18)20)14-24-26(36)21-8-9-23(35)22(27(21)40-24)17-33-10-12-34(13-11-33)28(37)38/h5-9,14-15,31,35H,10-13,16-17H2,1-4H3,(H,37,38). The van der Waals surface area contributed by atoms with Crippen LogP contribution in [0.1, 0.15) is 47.8 Å². The van der Waals surface area contributed by atoms with Crippen molar-refractivity contribution < 1.29 is 34.1 Å². The Labute approximate surface area is 237 Å². The zero-order chi connectivity index (χ0) is 29.5. The molecule has 0 saturated carbocycles. The number of fused-ring (bicyclic) bond motifs is 2. The molecule has 0 unspecified atom stereocenters. The third-order valence-corrected chi connectivity index (χ3v) is 7.17. The van der Waals surface area contributed by atoms with Gasteiger partial charge < -0.3 is 34.5 Å². The van der Waals surface area contributed by atoms with E-state index in [1.807, 2.05) is 43.9 Å². The van der Waals surface area contributed by atoms with Crippen molar-refractivity contribution in [2.75, 3.05) is 33.2 Å². The van der Waals surface area contributed by atoms with Crippen LogP contribution in [0.2, 0.25) is 0 Å². The Morgan fingerprint density at radius 3 is 2.56 bits per heavy atom. The maximum absolute atomic E-state index is 13.3. The van der Waals surface area contributed by atoms with Crippen LogP contribution in [0.3, 0.4) is 0 Å². The van der Waals surface area contributed by atoms with E-state index in [4.69, 9.17) is 9.47 Å². The number of ether oxygens (including phenoxy) is 2. The third-order valence-electron chi connectivity index (χ3n) is 7.17. The Morgan fingerprint density at radius 2 is 1.88 bits per heavy atom. The summed E-state index contributed by atoms with van der Waals surface area (Å²) < 4.78 is 11.5. The van der Waals surface area contributed by atoms with E-state index in [1.54, 1.807) is 25.4 Å². The minimum atomic E-state index is -0.948. The number of carbonyl (C=O) groups excluding carboxylic acids is 2. The van der Waals surface area contributed by atoms with Crippen LogP contribution in [-0.4, -0.2) is 86.7 Å². The smallest absolute Gasteiger partial charge is 0.410 e. The second-order valence-corrected chi connectivity index (χ2v) is 11.3. The van der Waals surface area contributed by atoms with E-state index in [-0.39, 0.29) is 17.3 Å². The molecule has 1 aromatic heterocycles. The number of piperazine rings is 1. The van der Waals surface area contributed by atoms with Gasteiger partial charge in [0.15, 0.2) is 5.76 Å². The Morgan fingerprint density at radius 1 is 1.15 bits per heavy atom. The second kappa shape index (κ2) is 10.8. The minimum absolute atomic E-state index is 0.0179. The van der Waals surface area contributed by atoms with Crippen molar-refractivity contribution in [3.63, 3.8) is 0 Å². The molecule has 11 nitrogen and oxygen atoms in total. The molecule has 0 atom stereocenters. The zero-order valence-electron chi connectivity index (χ0n) is 23.6. The quantitative estimate of drug-likeness (QED) is 0.383. The van der Waals surface area contributed by atoms with Crippen LogP contribution in [0.25, 0.3) is 17.0 Å². The molecule has 2 aliphatic heterocycles. The first-order chi connectivity index (χ1) is 19.4. The highest BCUT2D eigenvalue weighted by Gasteiger charge is 2.33. The van der Waals surface area contributed by atoms with E-state index in [2.05, 4.69) is 4.98 Å². The van der Waals surface area contributed by atoms with Crippen LogP contribution in [0.15, 0.2) is 42.3 Å². The highest BCUT2D eigenvalue weighted by Crippen LogP contribution is 2.40. The van der Waals surface area contributed by atoms with Gasteiger partial charge in [0, 0.05) is 56.9 Å². The van der Waals surface area contributed by atoms with E-state index in [0.29, 0.717) is 56.1 Å². The van der Waals surface area contributed by atoms with Gasteiger partial charge in [-0.25, -0.2) is 9.59 Å². The Hall–Kier alpha value is -4.51. The monoisotopic (exact) mass is 562 g/mol. The first kappa shape index (κ1) is 28.0. The van der Waals surface area contributed by atoms with Crippen molar-refractivity contribution >= 4 is 34.9 Å². The molecule has 3 N–H and O–H groups in total. The topological polar surface area (TPSA) is 136 Å². The summed E-state index contributed by atoms with van der Waals surface area (Å²) in [7, 11) is 1.68. The molecule has 0 radical (unpaired) electrons. The number of H-pyrrole nitrogens is 1. The van der Waals surface area contributed by atoms with E-state index < -0.39 is 17.8 Å². The number of amides is 2.